The fraction of sp³-hybridized carbons (Fsp3) is 0.125. The monoisotopic (exact) mass is 469 g/mol. The Kier molecular flexibility index (Phi) is 6.50. The number of amides is 1. The zero-order valence-corrected chi connectivity index (χ0v) is 18.3. The maximum atomic E-state index is 14.6. The van der Waals surface area contributed by atoms with Gasteiger partial charge in [0.15, 0.2) is 5.16 Å². The van der Waals surface area contributed by atoms with E-state index < -0.39 is 17.2 Å². The Hall–Kier alpha value is -3.59. The van der Waals surface area contributed by atoms with Crippen LogP contribution >= 0.6 is 11.8 Å². The van der Waals surface area contributed by atoms with Gasteiger partial charge >= 0.3 is 0 Å². The first-order chi connectivity index (χ1) is 15.8. The van der Waals surface area contributed by atoms with E-state index >= 15 is 0 Å². The normalized spacial score (nSPS) is 11.0. The predicted molar refractivity (Wildman–Crippen MR) is 121 cm³/mol. The van der Waals surface area contributed by atoms with Crippen molar-refractivity contribution in [3.63, 3.8) is 0 Å². The number of carbonyl (C=O) groups excluding carboxylic acids is 1. The van der Waals surface area contributed by atoms with E-state index in [1.807, 2.05) is 0 Å². The predicted octanol–water partition coefficient (Wildman–Crippen LogP) is 4.55. The standard InChI is InChI=1S/C24H18F3N3O2S/c1-29(13-15-6-8-16(25)9-7-15)22(31)14-33-24-28-20-5-3-2-4-18(20)23(32)30(24)21-11-10-17(26)12-19(21)27/h2-12H,13-14H2,1H3. The molecule has 0 bridgehead atoms. The van der Waals surface area contributed by atoms with E-state index in [1.54, 1.807) is 43.4 Å². The Balaban J connectivity index is 1.64. The van der Waals surface area contributed by atoms with Gasteiger partial charge in [0.1, 0.15) is 17.5 Å². The van der Waals surface area contributed by atoms with Crippen molar-refractivity contribution in [2.24, 2.45) is 0 Å². The molecule has 168 valence electrons. The topological polar surface area (TPSA) is 55.2 Å². The molecule has 4 aromatic rings. The van der Waals surface area contributed by atoms with Crippen molar-refractivity contribution in [1.29, 1.82) is 0 Å². The van der Waals surface area contributed by atoms with Crippen LogP contribution in [-0.2, 0) is 11.3 Å². The molecule has 0 radical (unpaired) electrons. The first-order valence-electron chi connectivity index (χ1n) is 9.92. The van der Waals surface area contributed by atoms with Crippen LogP contribution in [0.15, 0.2) is 76.7 Å². The number of fused-ring (bicyclic) bond motifs is 1. The average Bonchev–Trinajstić information content (AvgIpc) is 2.80. The minimum Gasteiger partial charge on any atom is -0.341 e. The lowest BCUT2D eigenvalue weighted by atomic mass is 10.2. The van der Waals surface area contributed by atoms with Crippen molar-refractivity contribution in [3.8, 4) is 5.69 Å². The molecule has 9 heteroatoms. The summed E-state index contributed by atoms with van der Waals surface area (Å²) in [6, 6.07) is 15.3. The van der Waals surface area contributed by atoms with Gasteiger partial charge in [-0.2, -0.15) is 0 Å². The van der Waals surface area contributed by atoms with Gasteiger partial charge in [-0.1, -0.05) is 36.0 Å². The molecule has 1 aromatic heterocycles. The largest absolute Gasteiger partial charge is 0.341 e. The average molecular weight is 469 g/mol. The molecule has 0 spiro atoms. The number of halogens is 3. The second kappa shape index (κ2) is 9.50. The van der Waals surface area contributed by atoms with Crippen LogP contribution in [0.25, 0.3) is 16.6 Å². The van der Waals surface area contributed by atoms with E-state index in [1.165, 1.54) is 17.0 Å². The third-order valence-electron chi connectivity index (χ3n) is 4.98. The van der Waals surface area contributed by atoms with Crippen LogP contribution in [0.1, 0.15) is 5.56 Å². The highest BCUT2D eigenvalue weighted by atomic mass is 32.2. The van der Waals surface area contributed by atoms with Gasteiger partial charge in [-0.3, -0.25) is 14.2 Å². The molecule has 0 unspecified atom stereocenters. The van der Waals surface area contributed by atoms with Gasteiger partial charge in [0.2, 0.25) is 5.91 Å². The summed E-state index contributed by atoms with van der Waals surface area (Å²) in [6.45, 7) is 0.268. The molecule has 0 fully saturated rings. The molecule has 5 nitrogen and oxygen atoms in total. The number of para-hydroxylation sites is 1. The van der Waals surface area contributed by atoms with E-state index in [0.29, 0.717) is 11.6 Å². The van der Waals surface area contributed by atoms with Gasteiger partial charge in [-0.15, -0.1) is 0 Å². The number of hydrogen-bond acceptors (Lipinski definition) is 4. The van der Waals surface area contributed by atoms with Crippen LogP contribution in [0.4, 0.5) is 13.2 Å². The quantitative estimate of drug-likeness (QED) is 0.307. The zero-order valence-electron chi connectivity index (χ0n) is 17.5. The van der Waals surface area contributed by atoms with Crippen LogP contribution in [0.5, 0.6) is 0 Å². The lowest BCUT2D eigenvalue weighted by Crippen LogP contribution is -2.28. The highest BCUT2D eigenvalue weighted by Gasteiger charge is 2.19. The van der Waals surface area contributed by atoms with Crippen LogP contribution in [0, 0.1) is 17.5 Å². The first-order valence-corrected chi connectivity index (χ1v) is 10.9. The third kappa shape index (κ3) is 4.93. The fourth-order valence-electron chi connectivity index (χ4n) is 3.27. The summed E-state index contributed by atoms with van der Waals surface area (Å²) in [5.41, 5.74) is 0.470. The second-order valence-electron chi connectivity index (χ2n) is 7.31. The van der Waals surface area contributed by atoms with E-state index in [-0.39, 0.29) is 40.3 Å². The van der Waals surface area contributed by atoms with Gasteiger partial charge in [0.25, 0.3) is 5.56 Å². The second-order valence-corrected chi connectivity index (χ2v) is 8.26. The van der Waals surface area contributed by atoms with E-state index in [0.717, 1.165) is 34.0 Å². The Morgan fingerprint density at radius 1 is 1.00 bits per heavy atom. The van der Waals surface area contributed by atoms with E-state index in [2.05, 4.69) is 4.98 Å². The van der Waals surface area contributed by atoms with Crippen molar-refractivity contribution in [2.75, 3.05) is 12.8 Å². The fourth-order valence-corrected chi connectivity index (χ4v) is 4.22. The molecule has 4 rings (SSSR count). The molecule has 33 heavy (non-hydrogen) atoms. The molecule has 0 saturated heterocycles. The molecule has 0 aliphatic carbocycles. The van der Waals surface area contributed by atoms with Gasteiger partial charge in [-0.25, -0.2) is 18.2 Å². The zero-order chi connectivity index (χ0) is 23.5. The van der Waals surface area contributed by atoms with Gasteiger partial charge in [0.05, 0.1) is 22.3 Å². The first kappa shape index (κ1) is 22.6. The number of nitrogens with zero attached hydrogens (tertiary/aromatic N) is 3. The number of carbonyl (C=O) groups is 1. The number of benzene rings is 3. The minimum absolute atomic E-state index is 0.0781. The molecular formula is C24H18F3N3O2S. The molecule has 1 heterocycles. The summed E-state index contributed by atoms with van der Waals surface area (Å²) in [4.78, 5) is 31.8. The summed E-state index contributed by atoms with van der Waals surface area (Å²) in [7, 11) is 1.60. The molecule has 0 N–H and O–H groups in total. The van der Waals surface area contributed by atoms with E-state index in [9.17, 15) is 22.8 Å². The molecule has 0 aliphatic heterocycles. The summed E-state index contributed by atoms with van der Waals surface area (Å²) in [6.07, 6.45) is 0. The SMILES string of the molecule is CN(Cc1ccc(F)cc1)C(=O)CSc1nc2ccccc2c(=O)n1-c1ccc(F)cc1F. The van der Waals surface area contributed by atoms with E-state index in [4.69, 9.17) is 0 Å². The summed E-state index contributed by atoms with van der Waals surface area (Å²) < 4.78 is 42.1. The highest BCUT2D eigenvalue weighted by Crippen LogP contribution is 2.24. The summed E-state index contributed by atoms with van der Waals surface area (Å²) >= 11 is 0.973. The lowest BCUT2D eigenvalue weighted by Gasteiger charge is -2.18. The van der Waals surface area contributed by atoms with Crippen LogP contribution in [0.2, 0.25) is 0 Å². The summed E-state index contributed by atoms with van der Waals surface area (Å²) in [5.74, 6) is -2.40. The van der Waals surface area contributed by atoms with Crippen molar-refractivity contribution in [1.82, 2.24) is 14.5 Å². The van der Waals surface area contributed by atoms with Crippen molar-refractivity contribution >= 4 is 28.6 Å². The van der Waals surface area contributed by atoms with Crippen molar-refractivity contribution in [2.45, 2.75) is 11.7 Å². The van der Waals surface area contributed by atoms with Gasteiger partial charge < -0.3 is 4.90 Å². The summed E-state index contributed by atoms with van der Waals surface area (Å²) in [5, 5.41) is 0.373. The number of rotatable bonds is 6. The minimum atomic E-state index is -0.921. The Labute approximate surface area is 191 Å². The number of aromatic nitrogens is 2. The molecule has 0 atom stereocenters. The molecular weight excluding hydrogens is 451 g/mol. The van der Waals surface area contributed by atoms with Crippen LogP contribution in [-0.4, -0.2) is 33.2 Å². The molecule has 1 amide bonds. The smallest absolute Gasteiger partial charge is 0.266 e. The Bertz CT molecular complexity index is 1390. The highest BCUT2D eigenvalue weighted by molar-refractivity contribution is 7.99. The van der Waals surface area contributed by atoms with Crippen LogP contribution < -0.4 is 5.56 Å². The van der Waals surface area contributed by atoms with Crippen molar-refractivity contribution < 1.29 is 18.0 Å². The molecule has 0 aliphatic rings. The number of hydrogen-bond donors (Lipinski definition) is 0. The van der Waals surface area contributed by atoms with Gasteiger partial charge in [0, 0.05) is 19.7 Å². The lowest BCUT2D eigenvalue weighted by molar-refractivity contribution is -0.127. The Morgan fingerprint density at radius 3 is 2.42 bits per heavy atom. The van der Waals surface area contributed by atoms with Crippen LogP contribution in [0.3, 0.4) is 0 Å². The number of thioether (sulfide) groups is 1. The molecule has 0 saturated carbocycles. The maximum Gasteiger partial charge on any atom is 0.266 e. The molecule has 3 aromatic carbocycles. The Morgan fingerprint density at radius 2 is 1.70 bits per heavy atom. The van der Waals surface area contributed by atoms with Crippen molar-refractivity contribution in [3.05, 3.63) is 100 Å². The van der Waals surface area contributed by atoms with Gasteiger partial charge in [-0.05, 0) is 42.0 Å². The third-order valence-corrected chi connectivity index (χ3v) is 5.90. The maximum absolute atomic E-state index is 14.6.